The zero-order chi connectivity index (χ0) is 30.8. The fourth-order valence-corrected chi connectivity index (χ4v) is 6.22. The summed E-state index contributed by atoms with van der Waals surface area (Å²) in [6.45, 7) is 4.92. The quantitative estimate of drug-likeness (QED) is 0.360. The van der Waals surface area contributed by atoms with Gasteiger partial charge in [-0.25, -0.2) is 0 Å². The second-order valence-electron chi connectivity index (χ2n) is 11.3. The van der Waals surface area contributed by atoms with Crippen molar-refractivity contribution >= 4 is 46.1 Å². The average molecular weight is 610 g/mol. The number of halogens is 1. The summed E-state index contributed by atoms with van der Waals surface area (Å²) in [5.41, 5.74) is 1.66. The summed E-state index contributed by atoms with van der Waals surface area (Å²) in [5, 5.41) is 6.50. The first-order chi connectivity index (χ1) is 20.6. The molecule has 0 bridgehead atoms. The number of nitrogens with zero attached hydrogens (tertiary/aromatic N) is 2. The molecule has 0 aliphatic carbocycles. The fourth-order valence-electron chi connectivity index (χ4n) is 6.05. The van der Waals surface area contributed by atoms with E-state index in [0.717, 1.165) is 10.9 Å². The zero-order valence-corrected chi connectivity index (χ0v) is 25.4. The van der Waals surface area contributed by atoms with Gasteiger partial charge in [-0.05, 0) is 56.0 Å². The van der Waals surface area contributed by atoms with Crippen LogP contribution >= 0.6 is 11.6 Å². The highest BCUT2D eigenvalue weighted by atomic mass is 35.5. The lowest BCUT2D eigenvalue weighted by atomic mass is 9.79. The molecule has 228 valence electrons. The summed E-state index contributed by atoms with van der Waals surface area (Å²) in [6, 6.07) is 10.4. The minimum Gasteiger partial charge on any atom is -0.493 e. The highest BCUT2D eigenvalue weighted by Gasteiger charge is 2.48. The molecule has 43 heavy (non-hydrogen) atoms. The summed E-state index contributed by atoms with van der Waals surface area (Å²) < 4.78 is 11.3. The molecule has 0 saturated carbocycles. The first-order valence-electron chi connectivity index (χ1n) is 14.3. The van der Waals surface area contributed by atoms with E-state index < -0.39 is 5.92 Å². The smallest absolute Gasteiger partial charge is 0.256 e. The number of hydrogen-bond donors (Lipinski definition) is 3. The lowest BCUT2D eigenvalue weighted by Gasteiger charge is -2.39. The highest BCUT2D eigenvalue weighted by molar-refractivity contribution is 6.31. The first-order valence-corrected chi connectivity index (χ1v) is 14.7. The molecule has 3 unspecified atom stereocenters. The third-order valence-corrected chi connectivity index (χ3v) is 8.38. The summed E-state index contributed by atoms with van der Waals surface area (Å²) in [6.07, 6.45) is 1.59. The number of ether oxygens (including phenoxy) is 2. The molecule has 2 aliphatic heterocycles. The molecule has 12 heteroatoms. The number of amides is 4. The van der Waals surface area contributed by atoms with E-state index >= 15 is 0 Å². The Morgan fingerprint density at radius 1 is 1.00 bits per heavy atom. The van der Waals surface area contributed by atoms with Crippen LogP contribution in [0.3, 0.4) is 0 Å². The number of nitrogens with one attached hydrogen (secondary N) is 3. The second kappa shape index (κ2) is 12.5. The Kier molecular flexibility index (Phi) is 8.82. The maximum atomic E-state index is 13.8. The van der Waals surface area contributed by atoms with Crippen LogP contribution in [0.4, 0.5) is 0 Å². The summed E-state index contributed by atoms with van der Waals surface area (Å²) in [4.78, 5) is 59.3. The minimum absolute atomic E-state index is 0.0589. The number of benzene rings is 2. The lowest BCUT2D eigenvalue weighted by molar-refractivity contribution is -0.131. The van der Waals surface area contributed by atoms with E-state index in [-0.39, 0.29) is 54.7 Å². The van der Waals surface area contributed by atoms with Crippen molar-refractivity contribution in [2.24, 2.45) is 17.8 Å². The van der Waals surface area contributed by atoms with E-state index in [1.807, 2.05) is 13.8 Å². The number of H-pyrrole nitrogens is 1. The molecule has 3 N–H and O–H groups in total. The van der Waals surface area contributed by atoms with Gasteiger partial charge in [0.25, 0.3) is 11.8 Å². The Morgan fingerprint density at radius 2 is 1.74 bits per heavy atom. The molecule has 0 radical (unpaired) electrons. The van der Waals surface area contributed by atoms with Crippen molar-refractivity contribution in [2.45, 2.75) is 20.0 Å². The number of methoxy groups -OCH3 is 1. The van der Waals surface area contributed by atoms with E-state index in [0.29, 0.717) is 47.3 Å². The van der Waals surface area contributed by atoms with Crippen molar-refractivity contribution in [1.82, 2.24) is 25.4 Å². The number of likely N-dealkylation sites (N-methyl/N-ethyl adjacent to an activating group) is 1. The van der Waals surface area contributed by atoms with Crippen LogP contribution in [-0.4, -0.2) is 91.4 Å². The molecule has 3 heterocycles. The molecule has 2 aromatic carbocycles. The van der Waals surface area contributed by atoms with Crippen molar-refractivity contribution in [3.8, 4) is 11.5 Å². The Hall–Kier alpha value is -4.25. The normalized spacial score (nSPS) is 19.7. The molecular formula is C31H36ClN5O6. The van der Waals surface area contributed by atoms with Gasteiger partial charge in [0.15, 0.2) is 11.5 Å². The number of carbonyl (C=O) groups excluding carboxylic acids is 4. The van der Waals surface area contributed by atoms with Gasteiger partial charge in [0.05, 0.1) is 31.2 Å². The number of piperidine rings is 1. The van der Waals surface area contributed by atoms with Crippen molar-refractivity contribution in [1.29, 1.82) is 0 Å². The molecule has 0 spiro atoms. The van der Waals surface area contributed by atoms with Crippen LogP contribution in [0.15, 0.2) is 42.6 Å². The Bertz CT molecular complexity index is 1550. The first kappa shape index (κ1) is 30.2. The summed E-state index contributed by atoms with van der Waals surface area (Å²) in [5.74, 6) is -0.995. The van der Waals surface area contributed by atoms with Gasteiger partial charge in [-0.1, -0.05) is 17.7 Å². The number of rotatable bonds is 8. The summed E-state index contributed by atoms with van der Waals surface area (Å²) >= 11 is 6.13. The third kappa shape index (κ3) is 6.27. The van der Waals surface area contributed by atoms with Gasteiger partial charge in [0, 0.05) is 60.9 Å². The largest absolute Gasteiger partial charge is 0.493 e. The lowest BCUT2D eigenvalue weighted by Crippen LogP contribution is -2.53. The van der Waals surface area contributed by atoms with Crippen LogP contribution in [-0.2, 0) is 9.59 Å². The van der Waals surface area contributed by atoms with Crippen molar-refractivity contribution in [3.05, 3.63) is 58.7 Å². The van der Waals surface area contributed by atoms with Gasteiger partial charge >= 0.3 is 0 Å². The van der Waals surface area contributed by atoms with Crippen LogP contribution in [0.1, 0.15) is 34.6 Å². The molecular weight excluding hydrogens is 574 g/mol. The number of fused-ring (bicyclic) bond motifs is 2. The Balaban J connectivity index is 1.39. The standard InChI is InChI=1S/C31H36ClN5O6/c1-17(2)43-26-8-5-18(9-27(26)42-4)30(40)36-13-19-14-37(16-24(23(19)15-36)29(39)35-12-28(38)33-3)31(41)22-11-34-25-10-20(32)6-7-21(22)25/h5-11,17,19,23-24,34H,12-16H2,1-4H3,(H,33,38)(H,35,39). The van der Waals surface area contributed by atoms with E-state index in [9.17, 15) is 19.2 Å². The molecule has 5 rings (SSSR count). The van der Waals surface area contributed by atoms with Crippen molar-refractivity contribution in [2.75, 3.05) is 46.9 Å². The van der Waals surface area contributed by atoms with Crippen molar-refractivity contribution in [3.63, 3.8) is 0 Å². The summed E-state index contributed by atoms with van der Waals surface area (Å²) in [7, 11) is 3.02. The molecule has 11 nitrogen and oxygen atoms in total. The Morgan fingerprint density at radius 3 is 2.44 bits per heavy atom. The van der Waals surface area contributed by atoms with Crippen LogP contribution in [0.25, 0.3) is 10.9 Å². The van der Waals surface area contributed by atoms with Crippen LogP contribution in [0.2, 0.25) is 5.02 Å². The molecule has 2 fully saturated rings. The van der Waals surface area contributed by atoms with E-state index in [4.69, 9.17) is 21.1 Å². The third-order valence-electron chi connectivity index (χ3n) is 8.14. The van der Waals surface area contributed by atoms with Gasteiger partial charge < -0.3 is 34.9 Å². The number of hydrogen-bond acceptors (Lipinski definition) is 6. The second-order valence-corrected chi connectivity index (χ2v) is 11.7. The van der Waals surface area contributed by atoms with E-state index in [2.05, 4.69) is 15.6 Å². The van der Waals surface area contributed by atoms with Gasteiger partial charge in [0.1, 0.15) is 0 Å². The minimum atomic E-state index is -0.610. The van der Waals surface area contributed by atoms with Gasteiger partial charge in [-0.2, -0.15) is 0 Å². The molecule has 3 aromatic rings. The maximum Gasteiger partial charge on any atom is 0.256 e. The topological polar surface area (TPSA) is 133 Å². The number of aromatic nitrogens is 1. The van der Waals surface area contributed by atoms with Crippen LogP contribution in [0, 0.1) is 17.8 Å². The molecule has 3 atom stereocenters. The fraction of sp³-hybridized carbons (Fsp3) is 0.419. The molecule has 2 saturated heterocycles. The maximum absolute atomic E-state index is 13.8. The monoisotopic (exact) mass is 609 g/mol. The number of carbonyl (C=O) groups is 4. The van der Waals surface area contributed by atoms with Gasteiger partial charge in [0.2, 0.25) is 11.8 Å². The van der Waals surface area contributed by atoms with E-state index in [1.54, 1.807) is 52.4 Å². The predicted molar refractivity (Wildman–Crippen MR) is 161 cm³/mol. The van der Waals surface area contributed by atoms with E-state index in [1.165, 1.54) is 14.2 Å². The zero-order valence-electron chi connectivity index (χ0n) is 24.6. The van der Waals surface area contributed by atoms with Gasteiger partial charge in [-0.15, -0.1) is 0 Å². The number of likely N-dealkylation sites (tertiary alicyclic amines) is 2. The van der Waals surface area contributed by atoms with Crippen molar-refractivity contribution < 1.29 is 28.7 Å². The van der Waals surface area contributed by atoms with Gasteiger partial charge in [-0.3, -0.25) is 19.2 Å². The number of aromatic amines is 1. The molecule has 1 aromatic heterocycles. The SMILES string of the molecule is CNC(=O)CNC(=O)C1CN(C(=O)c2c[nH]c3cc(Cl)ccc23)CC2CN(C(=O)c3ccc(OC(C)C)c(OC)c3)CC21. The van der Waals surface area contributed by atoms with Crippen LogP contribution in [0.5, 0.6) is 11.5 Å². The predicted octanol–water partition coefficient (Wildman–Crippen LogP) is 2.94. The molecule has 4 amide bonds. The molecule has 2 aliphatic rings. The Labute approximate surface area is 254 Å². The highest BCUT2D eigenvalue weighted by Crippen LogP contribution is 2.38. The van der Waals surface area contributed by atoms with Crippen LogP contribution < -0.4 is 20.1 Å². The average Bonchev–Trinajstić information content (AvgIpc) is 3.62.